The topological polar surface area (TPSA) is 24.5 Å². The van der Waals surface area contributed by atoms with Gasteiger partial charge in [0, 0.05) is 13.1 Å². The molecule has 1 aromatic carbocycles. The monoisotopic (exact) mass is 306 g/mol. The molecule has 22 heavy (non-hydrogen) atoms. The lowest BCUT2D eigenvalue weighted by molar-refractivity contribution is -0.0364. The van der Waals surface area contributed by atoms with Gasteiger partial charge in [-0.1, -0.05) is 19.1 Å². The van der Waals surface area contributed by atoms with Gasteiger partial charge in [0.15, 0.2) is 0 Å². The fraction of sp³-hybridized carbons (Fsp3) is 0.667. The predicted octanol–water partition coefficient (Wildman–Crippen LogP) is 3.13. The van der Waals surface area contributed by atoms with Crippen molar-refractivity contribution in [2.75, 3.05) is 31.1 Å². The fourth-order valence-corrected chi connectivity index (χ4v) is 3.52. The number of benzene rings is 1. The maximum atomic E-state index is 14.4. The molecule has 0 spiro atoms. The highest BCUT2D eigenvalue weighted by Crippen LogP contribution is 2.27. The highest BCUT2D eigenvalue weighted by Gasteiger charge is 2.25. The van der Waals surface area contributed by atoms with E-state index < -0.39 is 0 Å². The zero-order valence-electron chi connectivity index (χ0n) is 13.5. The van der Waals surface area contributed by atoms with E-state index in [0.29, 0.717) is 12.2 Å². The van der Waals surface area contributed by atoms with E-state index in [-0.39, 0.29) is 5.82 Å². The van der Waals surface area contributed by atoms with E-state index in [9.17, 15) is 4.39 Å². The van der Waals surface area contributed by atoms with Crippen molar-refractivity contribution in [3.63, 3.8) is 0 Å². The molecule has 0 atom stereocenters. The minimum atomic E-state index is -0.0391. The lowest BCUT2D eigenvalue weighted by Gasteiger charge is -2.36. The molecule has 1 aromatic rings. The van der Waals surface area contributed by atoms with Crippen LogP contribution in [0.15, 0.2) is 18.2 Å². The zero-order valence-corrected chi connectivity index (χ0v) is 13.5. The van der Waals surface area contributed by atoms with Crippen LogP contribution in [0.2, 0.25) is 0 Å². The molecule has 2 aliphatic heterocycles. The van der Waals surface area contributed by atoms with Crippen molar-refractivity contribution < 1.29 is 9.13 Å². The van der Waals surface area contributed by atoms with Gasteiger partial charge in [-0.15, -0.1) is 0 Å². The standard InChI is InChI=1S/C18H27FN2O/c1-2-14-4-3-5-17(18(14)19)21-12-8-16(9-13-21)22-15-6-10-20-11-7-15/h3-5,15-16,20H,2,6-13H2,1H3. The molecule has 2 heterocycles. The minimum absolute atomic E-state index is 0.0391. The van der Waals surface area contributed by atoms with Crippen molar-refractivity contribution in [1.82, 2.24) is 5.32 Å². The molecular formula is C18H27FN2O. The molecule has 3 nitrogen and oxygen atoms in total. The van der Waals surface area contributed by atoms with Crippen molar-refractivity contribution in [1.29, 1.82) is 0 Å². The van der Waals surface area contributed by atoms with E-state index in [0.717, 1.165) is 69.5 Å². The number of hydrogen-bond donors (Lipinski definition) is 1. The lowest BCUT2D eigenvalue weighted by Crippen LogP contribution is -2.41. The normalized spacial score (nSPS) is 21.3. The second kappa shape index (κ2) is 7.42. The first-order valence-electron chi connectivity index (χ1n) is 8.66. The molecule has 3 rings (SSSR count). The summed E-state index contributed by atoms with van der Waals surface area (Å²) in [4.78, 5) is 2.18. The number of nitrogens with zero attached hydrogens (tertiary/aromatic N) is 1. The number of hydrogen-bond acceptors (Lipinski definition) is 3. The summed E-state index contributed by atoms with van der Waals surface area (Å²) in [5, 5.41) is 3.37. The molecule has 0 bridgehead atoms. The summed E-state index contributed by atoms with van der Waals surface area (Å²) in [6.07, 6.45) is 5.74. The Labute approximate surface area is 132 Å². The summed E-state index contributed by atoms with van der Waals surface area (Å²) >= 11 is 0. The summed E-state index contributed by atoms with van der Waals surface area (Å²) < 4.78 is 20.7. The van der Waals surface area contributed by atoms with Crippen molar-refractivity contribution in [3.05, 3.63) is 29.6 Å². The molecule has 0 aromatic heterocycles. The Bertz CT molecular complexity index is 480. The van der Waals surface area contributed by atoms with Crippen molar-refractivity contribution in [3.8, 4) is 0 Å². The third kappa shape index (κ3) is 3.61. The van der Waals surface area contributed by atoms with Gasteiger partial charge < -0.3 is 15.0 Å². The number of nitrogens with one attached hydrogen (secondary N) is 1. The second-order valence-electron chi connectivity index (χ2n) is 6.38. The Morgan fingerprint density at radius 2 is 1.82 bits per heavy atom. The highest BCUT2D eigenvalue weighted by atomic mass is 19.1. The van der Waals surface area contributed by atoms with Gasteiger partial charge in [0.2, 0.25) is 0 Å². The molecule has 2 fully saturated rings. The number of anilines is 1. The Morgan fingerprint density at radius 3 is 2.50 bits per heavy atom. The summed E-state index contributed by atoms with van der Waals surface area (Å²) in [7, 11) is 0. The molecule has 0 amide bonds. The maximum absolute atomic E-state index is 14.4. The van der Waals surface area contributed by atoms with E-state index >= 15 is 0 Å². The van der Waals surface area contributed by atoms with Crippen LogP contribution in [0.1, 0.15) is 38.2 Å². The van der Waals surface area contributed by atoms with Crippen molar-refractivity contribution in [2.45, 2.75) is 51.2 Å². The smallest absolute Gasteiger partial charge is 0.149 e. The van der Waals surface area contributed by atoms with Gasteiger partial charge in [0.05, 0.1) is 17.9 Å². The van der Waals surface area contributed by atoms with Crippen LogP contribution in [-0.4, -0.2) is 38.4 Å². The minimum Gasteiger partial charge on any atom is -0.375 e. The number of halogens is 1. The van der Waals surface area contributed by atoms with Crippen LogP contribution in [0.5, 0.6) is 0 Å². The maximum Gasteiger partial charge on any atom is 0.149 e. The molecule has 0 aliphatic carbocycles. The summed E-state index contributed by atoms with van der Waals surface area (Å²) in [6, 6.07) is 5.75. The van der Waals surface area contributed by atoms with Crippen molar-refractivity contribution >= 4 is 5.69 Å². The van der Waals surface area contributed by atoms with E-state index in [1.54, 1.807) is 0 Å². The Balaban J connectivity index is 1.55. The second-order valence-corrected chi connectivity index (χ2v) is 6.38. The first-order valence-corrected chi connectivity index (χ1v) is 8.66. The quantitative estimate of drug-likeness (QED) is 0.925. The number of ether oxygens (including phenoxy) is 1. The zero-order chi connectivity index (χ0) is 15.4. The van der Waals surface area contributed by atoms with Crippen LogP contribution in [-0.2, 0) is 11.2 Å². The van der Waals surface area contributed by atoms with Gasteiger partial charge in [0.1, 0.15) is 5.82 Å². The Kier molecular flexibility index (Phi) is 5.32. The van der Waals surface area contributed by atoms with E-state index in [1.807, 2.05) is 25.1 Å². The largest absolute Gasteiger partial charge is 0.375 e. The van der Waals surface area contributed by atoms with Crippen LogP contribution in [0.4, 0.5) is 10.1 Å². The van der Waals surface area contributed by atoms with Crippen LogP contribution in [0.3, 0.4) is 0 Å². The average molecular weight is 306 g/mol. The van der Waals surface area contributed by atoms with Crippen LogP contribution >= 0.6 is 0 Å². The molecular weight excluding hydrogens is 279 g/mol. The average Bonchev–Trinajstić information content (AvgIpc) is 2.57. The van der Waals surface area contributed by atoms with Crippen LogP contribution in [0.25, 0.3) is 0 Å². The summed E-state index contributed by atoms with van der Waals surface area (Å²) in [5.41, 5.74) is 1.57. The van der Waals surface area contributed by atoms with Gasteiger partial charge in [0.25, 0.3) is 0 Å². The molecule has 0 saturated carbocycles. The fourth-order valence-electron chi connectivity index (χ4n) is 3.52. The summed E-state index contributed by atoms with van der Waals surface area (Å²) in [6.45, 7) is 5.91. The van der Waals surface area contributed by atoms with E-state index in [1.165, 1.54) is 0 Å². The number of piperidine rings is 2. The number of aryl methyl sites for hydroxylation is 1. The van der Waals surface area contributed by atoms with Gasteiger partial charge in [-0.05, 0) is 56.8 Å². The highest BCUT2D eigenvalue weighted by molar-refractivity contribution is 5.50. The van der Waals surface area contributed by atoms with Crippen LogP contribution in [0, 0.1) is 5.82 Å². The predicted molar refractivity (Wildman–Crippen MR) is 88.0 cm³/mol. The third-order valence-corrected chi connectivity index (χ3v) is 4.89. The van der Waals surface area contributed by atoms with Gasteiger partial charge in [-0.3, -0.25) is 0 Å². The molecule has 4 heteroatoms. The summed E-state index contributed by atoms with van der Waals surface area (Å²) in [5.74, 6) is -0.0391. The third-order valence-electron chi connectivity index (χ3n) is 4.89. The molecule has 0 radical (unpaired) electrons. The molecule has 1 N–H and O–H groups in total. The van der Waals surface area contributed by atoms with E-state index in [2.05, 4.69) is 10.2 Å². The van der Waals surface area contributed by atoms with E-state index in [4.69, 9.17) is 4.74 Å². The first kappa shape index (κ1) is 15.8. The van der Waals surface area contributed by atoms with Crippen molar-refractivity contribution in [2.24, 2.45) is 0 Å². The van der Waals surface area contributed by atoms with Gasteiger partial charge in [-0.25, -0.2) is 4.39 Å². The van der Waals surface area contributed by atoms with Crippen LogP contribution < -0.4 is 10.2 Å². The molecule has 2 saturated heterocycles. The first-order chi connectivity index (χ1) is 10.8. The molecule has 122 valence electrons. The van der Waals surface area contributed by atoms with Gasteiger partial charge in [-0.2, -0.15) is 0 Å². The number of rotatable bonds is 4. The molecule has 2 aliphatic rings. The lowest BCUT2D eigenvalue weighted by atomic mass is 10.0. The van der Waals surface area contributed by atoms with Gasteiger partial charge >= 0.3 is 0 Å². The molecule has 0 unspecified atom stereocenters. The Morgan fingerprint density at radius 1 is 1.14 bits per heavy atom. The SMILES string of the molecule is CCc1cccc(N2CCC(OC3CCNCC3)CC2)c1F. The Hall–Kier alpha value is -1.13.